The normalized spacial score (nSPS) is 12.4. The van der Waals surface area contributed by atoms with E-state index in [1.807, 2.05) is 47.2 Å². The van der Waals surface area contributed by atoms with Crippen molar-refractivity contribution in [1.29, 1.82) is 0 Å². The molecule has 0 fully saturated rings. The second kappa shape index (κ2) is 13.4. The zero-order chi connectivity index (χ0) is 33.0. The maximum absolute atomic E-state index is 13.8. The lowest BCUT2D eigenvalue weighted by Gasteiger charge is -2.38. The van der Waals surface area contributed by atoms with Crippen LogP contribution in [0.4, 0.5) is 26.3 Å². The lowest BCUT2D eigenvalue weighted by Crippen LogP contribution is -2.51. The topological polar surface area (TPSA) is 54.8 Å². The van der Waals surface area contributed by atoms with E-state index < -0.39 is 52.9 Å². The van der Waals surface area contributed by atoms with Gasteiger partial charge in [-0.3, -0.25) is 9.59 Å². The number of nitrogens with zero attached hydrogens (tertiary/aromatic N) is 3. The number of halogens is 6. The third-order valence-electron chi connectivity index (χ3n) is 6.88. The Labute approximate surface area is 253 Å². The molecule has 0 aliphatic rings. The van der Waals surface area contributed by atoms with Crippen molar-refractivity contribution in [2.45, 2.75) is 65.6 Å². The molecule has 0 aliphatic heterocycles. The van der Waals surface area contributed by atoms with Gasteiger partial charge in [-0.05, 0) is 74.7 Å². The average Bonchev–Trinajstić information content (AvgIpc) is 3.35. The lowest BCUT2D eigenvalue weighted by molar-refractivity contribution is -0.143. The smallest absolute Gasteiger partial charge is 0.416 e. The molecule has 240 valence electrons. The van der Waals surface area contributed by atoms with Crippen molar-refractivity contribution >= 4 is 11.8 Å². The summed E-state index contributed by atoms with van der Waals surface area (Å²) in [6.45, 7) is 8.89. The van der Waals surface area contributed by atoms with Crippen LogP contribution in [0.3, 0.4) is 0 Å². The molecule has 0 unspecified atom stereocenters. The van der Waals surface area contributed by atoms with Crippen molar-refractivity contribution in [3.8, 4) is 5.75 Å². The van der Waals surface area contributed by atoms with Crippen molar-refractivity contribution in [3.63, 3.8) is 0 Å². The molecule has 1 heterocycles. The molecular formula is C32H37F6N3O3. The molecule has 6 nitrogen and oxygen atoms in total. The van der Waals surface area contributed by atoms with Crippen LogP contribution in [0.1, 0.15) is 67.4 Å². The van der Waals surface area contributed by atoms with Gasteiger partial charge in [0.15, 0.2) is 0 Å². The van der Waals surface area contributed by atoms with Gasteiger partial charge in [0.05, 0.1) is 24.8 Å². The molecule has 0 N–H and O–H groups in total. The Balaban J connectivity index is 1.92. The van der Waals surface area contributed by atoms with E-state index >= 15 is 0 Å². The van der Waals surface area contributed by atoms with E-state index in [1.54, 1.807) is 41.7 Å². The highest BCUT2D eigenvalue weighted by Crippen LogP contribution is 2.36. The molecule has 3 aromatic rings. The highest BCUT2D eigenvalue weighted by molar-refractivity contribution is 5.97. The largest absolute Gasteiger partial charge is 0.497 e. The number of benzene rings is 2. The van der Waals surface area contributed by atoms with E-state index in [0.29, 0.717) is 24.4 Å². The number of amides is 2. The second-order valence-corrected chi connectivity index (χ2v) is 12.0. The fraction of sp³-hybridized carbons (Fsp3) is 0.438. The van der Waals surface area contributed by atoms with Crippen molar-refractivity contribution in [2.24, 2.45) is 5.92 Å². The Hall–Kier alpha value is -3.96. The van der Waals surface area contributed by atoms with Gasteiger partial charge in [-0.15, -0.1) is 0 Å². The third kappa shape index (κ3) is 9.03. The molecule has 0 saturated carbocycles. The van der Waals surface area contributed by atoms with E-state index in [1.165, 1.54) is 4.90 Å². The van der Waals surface area contributed by atoms with Gasteiger partial charge in [-0.1, -0.05) is 26.0 Å². The zero-order valence-corrected chi connectivity index (χ0v) is 25.5. The molecule has 1 aromatic heterocycles. The van der Waals surface area contributed by atoms with Crippen LogP contribution in [0.5, 0.6) is 5.75 Å². The average molecular weight is 626 g/mol. The standard InChI is InChI=1S/C32H37F6N3O3/c1-21(2)17-40(29(43)23-14-24(31(33,34)35)16-25(15-23)32(36,37)38)20-28(42)41(30(3,4)5)19-26-10-8-12-39(26)18-22-9-7-11-27(13-22)44-6/h7-16,21H,17-20H2,1-6H3. The van der Waals surface area contributed by atoms with E-state index in [9.17, 15) is 35.9 Å². The van der Waals surface area contributed by atoms with Gasteiger partial charge in [0.2, 0.25) is 5.91 Å². The minimum Gasteiger partial charge on any atom is -0.497 e. The molecule has 0 spiro atoms. The first-order valence-corrected chi connectivity index (χ1v) is 14.0. The maximum Gasteiger partial charge on any atom is 0.416 e. The Kier molecular flexibility index (Phi) is 10.5. The van der Waals surface area contributed by atoms with Crippen LogP contribution in [-0.2, 0) is 30.2 Å². The molecule has 0 bridgehead atoms. The van der Waals surface area contributed by atoms with Crippen LogP contribution in [-0.4, -0.2) is 51.9 Å². The molecule has 12 heteroatoms. The van der Waals surface area contributed by atoms with Gasteiger partial charge >= 0.3 is 12.4 Å². The summed E-state index contributed by atoms with van der Waals surface area (Å²) in [5.74, 6) is -1.15. The number of methoxy groups -OCH3 is 1. The summed E-state index contributed by atoms with van der Waals surface area (Å²) < 4.78 is 88.2. The SMILES string of the molecule is COc1cccc(Cn2cccc2CN(C(=O)CN(CC(C)C)C(=O)c2cc(C(F)(F)F)cc(C(F)(F)F)c2)C(C)(C)C)c1. The van der Waals surface area contributed by atoms with Crippen LogP contribution in [0, 0.1) is 5.92 Å². The fourth-order valence-corrected chi connectivity index (χ4v) is 4.75. The molecular weight excluding hydrogens is 588 g/mol. The molecule has 44 heavy (non-hydrogen) atoms. The van der Waals surface area contributed by atoms with E-state index in [2.05, 4.69) is 0 Å². The highest BCUT2D eigenvalue weighted by atomic mass is 19.4. The van der Waals surface area contributed by atoms with Crippen molar-refractivity contribution < 1.29 is 40.7 Å². The first kappa shape index (κ1) is 34.5. The summed E-state index contributed by atoms with van der Waals surface area (Å²) in [5, 5.41) is 0. The number of hydrogen-bond donors (Lipinski definition) is 0. The molecule has 0 saturated heterocycles. The maximum atomic E-state index is 13.8. The predicted molar refractivity (Wildman–Crippen MR) is 154 cm³/mol. The summed E-state index contributed by atoms with van der Waals surface area (Å²) in [4.78, 5) is 29.8. The summed E-state index contributed by atoms with van der Waals surface area (Å²) in [6.07, 6.45) is -8.36. The van der Waals surface area contributed by atoms with Crippen LogP contribution in [0.25, 0.3) is 0 Å². The number of alkyl halides is 6. The fourth-order valence-electron chi connectivity index (χ4n) is 4.75. The number of ether oxygens (including phenoxy) is 1. The van der Waals surface area contributed by atoms with Crippen LogP contribution in [0.2, 0.25) is 0 Å². The van der Waals surface area contributed by atoms with Gasteiger partial charge in [-0.25, -0.2) is 0 Å². The molecule has 3 rings (SSSR count). The molecule has 0 radical (unpaired) electrons. The quantitative estimate of drug-likeness (QED) is 0.219. The Bertz CT molecular complexity index is 1420. The Morgan fingerprint density at radius 2 is 1.50 bits per heavy atom. The molecule has 0 atom stereocenters. The van der Waals surface area contributed by atoms with E-state index in [4.69, 9.17) is 4.74 Å². The minimum atomic E-state index is -5.11. The minimum absolute atomic E-state index is 0.0311. The van der Waals surface area contributed by atoms with E-state index in [0.717, 1.165) is 16.2 Å². The Morgan fingerprint density at radius 3 is 2.02 bits per heavy atom. The number of rotatable bonds is 10. The van der Waals surface area contributed by atoms with Crippen molar-refractivity contribution in [3.05, 3.63) is 88.7 Å². The van der Waals surface area contributed by atoms with Gasteiger partial charge in [0, 0.05) is 36.1 Å². The van der Waals surface area contributed by atoms with Crippen LogP contribution < -0.4 is 4.74 Å². The summed E-state index contributed by atoms with van der Waals surface area (Å²) in [5.41, 5.74) is -2.99. The predicted octanol–water partition coefficient (Wildman–Crippen LogP) is 7.51. The monoisotopic (exact) mass is 625 g/mol. The number of carbonyl (C=O) groups excluding carboxylic acids is 2. The Morgan fingerprint density at radius 1 is 0.886 bits per heavy atom. The number of hydrogen-bond acceptors (Lipinski definition) is 3. The van der Waals surface area contributed by atoms with Gasteiger partial charge < -0.3 is 19.1 Å². The third-order valence-corrected chi connectivity index (χ3v) is 6.88. The molecule has 0 aliphatic carbocycles. The number of carbonyl (C=O) groups is 2. The summed E-state index contributed by atoms with van der Waals surface area (Å²) in [6, 6.07) is 12.0. The van der Waals surface area contributed by atoms with Crippen molar-refractivity contribution in [1.82, 2.24) is 14.4 Å². The van der Waals surface area contributed by atoms with Crippen LogP contribution >= 0.6 is 0 Å². The number of aromatic nitrogens is 1. The van der Waals surface area contributed by atoms with Gasteiger partial charge in [-0.2, -0.15) is 26.3 Å². The summed E-state index contributed by atoms with van der Waals surface area (Å²) in [7, 11) is 1.57. The van der Waals surface area contributed by atoms with Gasteiger partial charge in [0.1, 0.15) is 12.3 Å². The van der Waals surface area contributed by atoms with Crippen LogP contribution in [0.15, 0.2) is 60.8 Å². The second-order valence-electron chi connectivity index (χ2n) is 12.0. The zero-order valence-electron chi connectivity index (χ0n) is 25.5. The first-order chi connectivity index (χ1) is 20.3. The highest BCUT2D eigenvalue weighted by Gasteiger charge is 2.38. The molecule has 2 aromatic carbocycles. The van der Waals surface area contributed by atoms with Gasteiger partial charge in [0.25, 0.3) is 5.91 Å². The summed E-state index contributed by atoms with van der Waals surface area (Å²) >= 11 is 0. The lowest BCUT2D eigenvalue weighted by atomic mass is 10.0. The first-order valence-electron chi connectivity index (χ1n) is 14.0. The van der Waals surface area contributed by atoms with Crippen molar-refractivity contribution in [2.75, 3.05) is 20.2 Å². The molecule has 2 amide bonds. The van der Waals surface area contributed by atoms with E-state index in [-0.39, 0.29) is 25.1 Å².